The van der Waals surface area contributed by atoms with Gasteiger partial charge in [0.2, 0.25) is 0 Å². The average Bonchev–Trinajstić information content (AvgIpc) is 2.09. The van der Waals surface area contributed by atoms with Gasteiger partial charge in [-0.25, -0.2) is 0 Å². The zero-order valence-electron chi connectivity index (χ0n) is 7.19. The van der Waals surface area contributed by atoms with E-state index in [0.29, 0.717) is 6.61 Å². The van der Waals surface area contributed by atoms with Crippen LogP contribution in [0.5, 0.6) is 0 Å². The zero-order chi connectivity index (χ0) is 9.23. The summed E-state index contributed by atoms with van der Waals surface area (Å²) < 4.78 is 4.82. The molecule has 0 aromatic carbocycles. The molecule has 0 radical (unpaired) electrons. The van der Waals surface area contributed by atoms with Crippen molar-refractivity contribution in [2.24, 2.45) is 5.18 Å². The Kier molecular flexibility index (Phi) is 7.08. The summed E-state index contributed by atoms with van der Waals surface area (Å²) in [6.45, 7) is 5.81. The molecule has 0 unspecified atom stereocenters. The van der Waals surface area contributed by atoms with Crippen molar-refractivity contribution in [3.63, 3.8) is 0 Å². The fourth-order valence-electron chi connectivity index (χ4n) is 0.568. The quantitative estimate of drug-likeness (QED) is 0.346. The summed E-state index contributed by atoms with van der Waals surface area (Å²) >= 11 is 0. The first-order valence-corrected chi connectivity index (χ1v) is 3.64. The molecular formula is C9H13NO2. The van der Waals surface area contributed by atoms with E-state index >= 15 is 0 Å². The molecule has 0 aromatic heterocycles. The second kappa shape index (κ2) is 7.88. The smallest absolute Gasteiger partial charge is 0.179 e. The summed E-state index contributed by atoms with van der Waals surface area (Å²) in [7, 11) is 0. The third-order valence-corrected chi connectivity index (χ3v) is 1.16. The highest BCUT2D eigenvalue weighted by atomic mass is 16.5. The van der Waals surface area contributed by atoms with E-state index < -0.39 is 0 Å². The van der Waals surface area contributed by atoms with Crippen molar-refractivity contribution in [2.75, 3.05) is 13.3 Å². The van der Waals surface area contributed by atoms with Gasteiger partial charge < -0.3 is 4.74 Å². The van der Waals surface area contributed by atoms with E-state index in [2.05, 4.69) is 11.8 Å². The van der Waals surface area contributed by atoms with Gasteiger partial charge in [0.05, 0.1) is 6.61 Å². The van der Waals surface area contributed by atoms with Gasteiger partial charge in [-0.2, -0.15) is 0 Å². The molecule has 3 heteroatoms. The second-order valence-corrected chi connectivity index (χ2v) is 2.17. The molecule has 66 valence electrons. The number of ether oxygens (including phenoxy) is 1. The maximum Gasteiger partial charge on any atom is 0.179 e. The van der Waals surface area contributed by atoms with Crippen LogP contribution in [0.2, 0.25) is 0 Å². The van der Waals surface area contributed by atoms with Gasteiger partial charge in [0.25, 0.3) is 0 Å². The molecule has 0 N–H and O–H groups in total. The van der Waals surface area contributed by atoms with Crippen LogP contribution >= 0.6 is 0 Å². The van der Waals surface area contributed by atoms with Crippen LogP contribution in [0.1, 0.15) is 6.92 Å². The fourth-order valence-corrected chi connectivity index (χ4v) is 0.568. The van der Waals surface area contributed by atoms with Crippen LogP contribution in [0.4, 0.5) is 0 Å². The number of nitrogens with zero attached hydrogens (tertiary/aromatic N) is 1. The summed E-state index contributed by atoms with van der Waals surface area (Å²) in [6.07, 6.45) is 7.31. The largest absolute Gasteiger partial charge is 0.352 e. The van der Waals surface area contributed by atoms with Crippen molar-refractivity contribution in [3.05, 3.63) is 41.4 Å². The van der Waals surface area contributed by atoms with Gasteiger partial charge in [0.1, 0.15) is 0 Å². The Labute approximate surface area is 72.4 Å². The van der Waals surface area contributed by atoms with Crippen LogP contribution in [0, 0.1) is 4.91 Å². The van der Waals surface area contributed by atoms with Crippen LogP contribution < -0.4 is 0 Å². The Bertz CT molecular complexity index is 195. The minimum absolute atomic E-state index is 0.0883. The molecule has 12 heavy (non-hydrogen) atoms. The Morgan fingerprint density at radius 3 is 3.00 bits per heavy atom. The Morgan fingerprint density at radius 1 is 1.67 bits per heavy atom. The van der Waals surface area contributed by atoms with Gasteiger partial charge in [-0.1, -0.05) is 36.5 Å². The van der Waals surface area contributed by atoms with E-state index in [1.165, 1.54) is 0 Å². The average molecular weight is 167 g/mol. The molecule has 0 heterocycles. The molecule has 0 saturated carbocycles. The second-order valence-electron chi connectivity index (χ2n) is 2.17. The van der Waals surface area contributed by atoms with Crippen molar-refractivity contribution < 1.29 is 4.74 Å². The summed E-state index contributed by atoms with van der Waals surface area (Å²) in [5, 5.41) is 2.56. The molecule has 0 aliphatic heterocycles. The number of hydrogen-bond acceptors (Lipinski definition) is 3. The molecule has 0 spiro atoms. The molecule has 0 rings (SSSR count). The summed E-state index contributed by atoms with van der Waals surface area (Å²) in [5.41, 5.74) is 1.07. The lowest BCUT2D eigenvalue weighted by atomic mass is 10.2. The predicted molar refractivity (Wildman–Crippen MR) is 49.7 cm³/mol. The normalized spacial score (nSPS) is 11.9. The number of allylic oxidation sites excluding steroid dienone is 4. The monoisotopic (exact) mass is 167 g/mol. The first kappa shape index (κ1) is 10.8. The van der Waals surface area contributed by atoms with Gasteiger partial charge >= 0.3 is 0 Å². The van der Waals surface area contributed by atoms with Crippen molar-refractivity contribution in [1.82, 2.24) is 0 Å². The van der Waals surface area contributed by atoms with Gasteiger partial charge in [-0.15, -0.1) is 4.91 Å². The molecular weight excluding hydrogens is 154 g/mol. The van der Waals surface area contributed by atoms with E-state index in [1.807, 2.05) is 25.2 Å². The molecule has 0 aliphatic rings. The van der Waals surface area contributed by atoms with Crippen molar-refractivity contribution in [1.29, 1.82) is 0 Å². The molecule has 0 saturated heterocycles. The summed E-state index contributed by atoms with van der Waals surface area (Å²) in [6, 6.07) is 0. The van der Waals surface area contributed by atoms with Crippen LogP contribution in [-0.4, -0.2) is 13.3 Å². The topological polar surface area (TPSA) is 38.7 Å². The van der Waals surface area contributed by atoms with Gasteiger partial charge in [-0.05, 0) is 12.1 Å². The Balaban J connectivity index is 3.60. The van der Waals surface area contributed by atoms with Gasteiger partial charge in [-0.3, -0.25) is 0 Å². The van der Waals surface area contributed by atoms with E-state index in [1.54, 1.807) is 6.08 Å². The third-order valence-electron chi connectivity index (χ3n) is 1.16. The summed E-state index contributed by atoms with van der Waals surface area (Å²) in [5.74, 6) is 0. The van der Waals surface area contributed by atoms with E-state index in [4.69, 9.17) is 4.74 Å². The minimum Gasteiger partial charge on any atom is -0.352 e. The number of nitroso groups, excluding NO2 is 1. The highest BCUT2D eigenvalue weighted by Gasteiger charge is 1.82. The van der Waals surface area contributed by atoms with Crippen LogP contribution in [0.25, 0.3) is 0 Å². The maximum atomic E-state index is 9.60. The Hall–Kier alpha value is -1.22. The van der Waals surface area contributed by atoms with Crippen molar-refractivity contribution in [3.8, 4) is 0 Å². The van der Waals surface area contributed by atoms with Crippen molar-refractivity contribution in [2.45, 2.75) is 6.92 Å². The molecule has 0 bridgehead atoms. The first-order chi connectivity index (χ1) is 5.81. The number of hydrogen-bond donors (Lipinski definition) is 0. The van der Waals surface area contributed by atoms with Crippen LogP contribution in [0.3, 0.4) is 0 Å². The van der Waals surface area contributed by atoms with Crippen molar-refractivity contribution >= 4 is 0 Å². The van der Waals surface area contributed by atoms with E-state index in [-0.39, 0.29) is 6.73 Å². The highest BCUT2D eigenvalue weighted by Crippen LogP contribution is 1.94. The molecule has 0 amide bonds. The predicted octanol–water partition coefficient (Wildman–Crippen LogP) is 2.42. The van der Waals surface area contributed by atoms with E-state index in [9.17, 15) is 4.91 Å². The third kappa shape index (κ3) is 6.89. The molecule has 3 nitrogen and oxygen atoms in total. The molecule has 0 aliphatic carbocycles. The molecule has 0 aromatic rings. The highest BCUT2D eigenvalue weighted by molar-refractivity contribution is 5.19. The van der Waals surface area contributed by atoms with Gasteiger partial charge in [0.15, 0.2) is 6.73 Å². The fraction of sp³-hybridized carbons (Fsp3) is 0.333. The lowest BCUT2D eigenvalue weighted by molar-refractivity contribution is 0.170. The van der Waals surface area contributed by atoms with Crippen LogP contribution in [0.15, 0.2) is 41.6 Å². The lowest BCUT2D eigenvalue weighted by Gasteiger charge is -1.93. The SMILES string of the molecule is C=C/C=C\C(C)=C/COCN=O. The summed E-state index contributed by atoms with van der Waals surface area (Å²) in [4.78, 5) is 9.60. The van der Waals surface area contributed by atoms with E-state index in [0.717, 1.165) is 5.57 Å². The van der Waals surface area contributed by atoms with Gasteiger partial charge in [0, 0.05) is 0 Å². The minimum atomic E-state index is -0.0883. The maximum absolute atomic E-state index is 9.60. The number of rotatable bonds is 6. The zero-order valence-corrected chi connectivity index (χ0v) is 7.19. The van der Waals surface area contributed by atoms with Crippen LogP contribution in [-0.2, 0) is 4.74 Å². The molecule has 0 atom stereocenters. The standard InChI is InChI=1S/C9H13NO2/c1-3-4-5-9(2)6-7-12-8-10-11/h3-6H,1,7-8H2,2H3/b5-4-,9-6-. The lowest BCUT2D eigenvalue weighted by Crippen LogP contribution is -1.90. The first-order valence-electron chi connectivity index (χ1n) is 3.64. The molecule has 0 fully saturated rings. The Morgan fingerprint density at radius 2 is 2.42 bits per heavy atom.